The van der Waals surface area contributed by atoms with E-state index in [1.54, 1.807) is 0 Å². The number of nitrogens with two attached hydrogens (primary N) is 1. The second kappa shape index (κ2) is 5.47. The smallest absolute Gasteiger partial charge is 0.333 e. The predicted molar refractivity (Wildman–Crippen MR) is 57.6 cm³/mol. The van der Waals surface area contributed by atoms with E-state index in [0.717, 1.165) is 5.69 Å². The van der Waals surface area contributed by atoms with Crippen molar-refractivity contribution in [1.29, 1.82) is 0 Å². The van der Waals surface area contributed by atoms with E-state index in [9.17, 15) is 9.59 Å². The van der Waals surface area contributed by atoms with Crippen molar-refractivity contribution in [3.05, 3.63) is 16.8 Å². The number of thiophene rings is 1. The van der Waals surface area contributed by atoms with E-state index in [2.05, 4.69) is 10.1 Å². The molecule has 0 aromatic carbocycles. The highest BCUT2D eigenvalue weighted by Gasteiger charge is 2.13. The zero-order chi connectivity index (χ0) is 11.3. The number of rotatable bonds is 4. The summed E-state index contributed by atoms with van der Waals surface area (Å²) in [6.07, 6.45) is 0. The molecule has 0 radical (unpaired) electrons. The first-order valence-electron chi connectivity index (χ1n) is 4.36. The fourth-order valence-corrected chi connectivity index (χ4v) is 1.39. The number of esters is 2. The van der Waals surface area contributed by atoms with Gasteiger partial charge in [0.1, 0.15) is 12.6 Å². The molecule has 0 aliphatic rings. The van der Waals surface area contributed by atoms with Gasteiger partial charge in [0.2, 0.25) is 0 Å². The molecule has 0 spiro atoms. The summed E-state index contributed by atoms with van der Waals surface area (Å²) in [6, 6.07) is 1.04. The SMILES string of the molecule is C[C@H](N)C(=O)OC(=O)CNc1ccsc1. The van der Waals surface area contributed by atoms with Crippen LogP contribution in [0.15, 0.2) is 16.8 Å². The predicted octanol–water partition coefficient (Wildman–Crippen LogP) is 0.577. The largest absolute Gasteiger partial charge is 0.391 e. The summed E-state index contributed by atoms with van der Waals surface area (Å²) in [5, 5.41) is 6.54. The molecule has 0 aliphatic carbocycles. The van der Waals surface area contributed by atoms with E-state index in [1.807, 2.05) is 16.8 Å². The molecule has 6 heteroatoms. The highest BCUT2D eigenvalue weighted by molar-refractivity contribution is 7.08. The average molecular weight is 228 g/mol. The maximum atomic E-state index is 11.1. The first kappa shape index (κ1) is 11.7. The molecule has 0 amide bonds. The van der Waals surface area contributed by atoms with Gasteiger partial charge in [-0.3, -0.25) is 0 Å². The third-order valence-corrected chi connectivity index (χ3v) is 2.23. The van der Waals surface area contributed by atoms with Crippen LogP contribution in [0, 0.1) is 0 Å². The van der Waals surface area contributed by atoms with Gasteiger partial charge in [-0.15, -0.1) is 0 Å². The van der Waals surface area contributed by atoms with Crippen molar-refractivity contribution in [2.75, 3.05) is 11.9 Å². The van der Waals surface area contributed by atoms with Crippen LogP contribution in [0.5, 0.6) is 0 Å². The Morgan fingerprint density at radius 3 is 2.93 bits per heavy atom. The average Bonchev–Trinajstić information content (AvgIpc) is 2.66. The van der Waals surface area contributed by atoms with Crippen molar-refractivity contribution in [2.24, 2.45) is 5.73 Å². The highest BCUT2D eigenvalue weighted by Crippen LogP contribution is 2.10. The molecule has 1 atom stereocenters. The summed E-state index contributed by atoms with van der Waals surface area (Å²) in [7, 11) is 0. The maximum absolute atomic E-state index is 11.1. The van der Waals surface area contributed by atoms with E-state index in [4.69, 9.17) is 5.73 Å². The van der Waals surface area contributed by atoms with E-state index in [-0.39, 0.29) is 6.54 Å². The molecule has 0 aliphatic heterocycles. The van der Waals surface area contributed by atoms with Gasteiger partial charge in [-0.2, -0.15) is 11.3 Å². The molecule has 3 N–H and O–H groups in total. The first-order valence-corrected chi connectivity index (χ1v) is 5.30. The molecule has 0 unspecified atom stereocenters. The van der Waals surface area contributed by atoms with Crippen LogP contribution >= 0.6 is 11.3 Å². The molecule has 0 fully saturated rings. The lowest BCUT2D eigenvalue weighted by Gasteiger charge is -2.05. The number of anilines is 1. The number of nitrogens with one attached hydrogen (secondary N) is 1. The topological polar surface area (TPSA) is 81.4 Å². The highest BCUT2D eigenvalue weighted by atomic mass is 32.1. The Hall–Kier alpha value is -1.40. The Kier molecular flexibility index (Phi) is 4.26. The van der Waals surface area contributed by atoms with E-state index < -0.39 is 18.0 Å². The van der Waals surface area contributed by atoms with E-state index >= 15 is 0 Å². The number of hydrogen-bond acceptors (Lipinski definition) is 6. The van der Waals surface area contributed by atoms with Gasteiger partial charge < -0.3 is 15.8 Å². The van der Waals surface area contributed by atoms with Gasteiger partial charge in [0, 0.05) is 11.1 Å². The number of ether oxygens (including phenoxy) is 1. The lowest BCUT2D eigenvalue weighted by atomic mass is 10.4. The van der Waals surface area contributed by atoms with Crippen LogP contribution in [0.2, 0.25) is 0 Å². The minimum atomic E-state index is -0.782. The van der Waals surface area contributed by atoms with Crippen molar-refractivity contribution in [3.8, 4) is 0 Å². The maximum Gasteiger partial charge on any atom is 0.333 e. The fourth-order valence-electron chi connectivity index (χ4n) is 0.781. The zero-order valence-corrected chi connectivity index (χ0v) is 9.04. The molecular weight excluding hydrogens is 216 g/mol. The second-order valence-electron chi connectivity index (χ2n) is 2.95. The van der Waals surface area contributed by atoms with Crippen LogP contribution in [0.1, 0.15) is 6.92 Å². The van der Waals surface area contributed by atoms with Gasteiger partial charge in [-0.25, -0.2) is 9.59 Å². The molecule has 5 nitrogen and oxygen atoms in total. The molecule has 15 heavy (non-hydrogen) atoms. The Bertz CT molecular complexity index is 335. The third-order valence-electron chi connectivity index (χ3n) is 1.54. The quantitative estimate of drug-likeness (QED) is 0.582. The van der Waals surface area contributed by atoms with Crippen molar-refractivity contribution in [2.45, 2.75) is 13.0 Å². The zero-order valence-electron chi connectivity index (χ0n) is 8.23. The monoisotopic (exact) mass is 228 g/mol. The van der Waals surface area contributed by atoms with Gasteiger partial charge in [-0.05, 0) is 18.4 Å². The van der Waals surface area contributed by atoms with Crippen LogP contribution in [0.25, 0.3) is 0 Å². The lowest BCUT2D eigenvalue weighted by molar-refractivity contribution is -0.159. The Labute approximate surface area is 91.2 Å². The standard InChI is InChI=1S/C9H12N2O3S/c1-6(10)9(13)14-8(12)4-11-7-2-3-15-5-7/h2-3,5-6,11H,4,10H2,1H3/t6-/m0/s1. The van der Waals surface area contributed by atoms with Gasteiger partial charge in [0.05, 0.1) is 0 Å². The first-order chi connectivity index (χ1) is 7.09. The van der Waals surface area contributed by atoms with E-state index in [1.165, 1.54) is 18.3 Å². The molecule has 0 saturated heterocycles. The Morgan fingerprint density at radius 2 is 2.40 bits per heavy atom. The van der Waals surface area contributed by atoms with Crippen molar-refractivity contribution >= 4 is 29.0 Å². The summed E-state index contributed by atoms with van der Waals surface area (Å²) in [4.78, 5) is 22.0. The number of hydrogen-bond donors (Lipinski definition) is 2. The molecule has 1 aromatic heterocycles. The summed E-state index contributed by atoms with van der Waals surface area (Å²) in [6.45, 7) is 1.41. The van der Waals surface area contributed by atoms with Crippen LogP contribution in [0.4, 0.5) is 5.69 Å². The van der Waals surface area contributed by atoms with E-state index in [0.29, 0.717) is 0 Å². The lowest BCUT2D eigenvalue weighted by Crippen LogP contribution is -2.32. The molecule has 1 aromatic rings. The molecule has 0 saturated carbocycles. The molecule has 0 bridgehead atoms. The molecular formula is C9H12N2O3S. The summed E-state index contributed by atoms with van der Waals surface area (Å²) >= 11 is 1.51. The fraction of sp³-hybridized carbons (Fsp3) is 0.333. The molecule has 82 valence electrons. The Morgan fingerprint density at radius 1 is 1.67 bits per heavy atom. The van der Waals surface area contributed by atoms with Gasteiger partial charge in [0.15, 0.2) is 0 Å². The van der Waals surface area contributed by atoms with Gasteiger partial charge >= 0.3 is 11.9 Å². The summed E-state index contributed by atoms with van der Waals surface area (Å²) in [5.41, 5.74) is 6.05. The minimum absolute atomic E-state index is 0.0464. The third kappa shape index (κ3) is 4.09. The van der Waals surface area contributed by atoms with Crippen molar-refractivity contribution in [3.63, 3.8) is 0 Å². The van der Waals surface area contributed by atoms with Crippen LogP contribution in [0.3, 0.4) is 0 Å². The number of carbonyl (C=O) groups is 2. The van der Waals surface area contributed by atoms with Crippen LogP contribution in [-0.2, 0) is 14.3 Å². The Balaban J connectivity index is 2.28. The van der Waals surface area contributed by atoms with Gasteiger partial charge in [-0.1, -0.05) is 0 Å². The van der Waals surface area contributed by atoms with Crippen LogP contribution < -0.4 is 11.1 Å². The normalized spacial score (nSPS) is 11.9. The van der Waals surface area contributed by atoms with Crippen molar-refractivity contribution in [1.82, 2.24) is 0 Å². The molecule has 1 rings (SSSR count). The summed E-state index contributed by atoms with van der Waals surface area (Å²) < 4.78 is 4.45. The molecule has 1 heterocycles. The number of carbonyl (C=O) groups excluding carboxylic acids is 2. The second-order valence-corrected chi connectivity index (χ2v) is 3.73. The van der Waals surface area contributed by atoms with Gasteiger partial charge in [0.25, 0.3) is 0 Å². The van der Waals surface area contributed by atoms with Crippen LogP contribution in [-0.4, -0.2) is 24.5 Å². The van der Waals surface area contributed by atoms with Crippen molar-refractivity contribution < 1.29 is 14.3 Å². The minimum Gasteiger partial charge on any atom is -0.391 e. The summed E-state index contributed by atoms with van der Waals surface area (Å²) in [5.74, 6) is -1.35.